The Balaban J connectivity index is 1.64. The fourth-order valence-electron chi connectivity index (χ4n) is 4.67. The van der Waals surface area contributed by atoms with Gasteiger partial charge in [-0.25, -0.2) is 4.79 Å². The number of carbonyl (C=O) groups excluding carboxylic acids is 2. The Labute approximate surface area is 215 Å². The molecule has 0 aliphatic heterocycles. The first-order chi connectivity index (χ1) is 16.9. The standard InChI is InChI=1S/C28H40N2O4S/c1-20(2)18-22(30-28(32)34-24-12-7-4-8-13-24)19-29-26(27(35)21-10-5-3-6-11-21)25(31)16-15-23-14-9-17-33-23/h3,5-6,9-11,14,17,20,22,24,26-27,29,35H,4,7-8,12-13,15-16,18-19H2,1-2H3,(H,30,32). The Kier molecular flexibility index (Phi) is 11.2. The summed E-state index contributed by atoms with van der Waals surface area (Å²) in [6.07, 6.45) is 8.24. The van der Waals surface area contributed by atoms with Crippen LogP contribution in [0.25, 0.3) is 0 Å². The highest BCUT2D eigenvalue weighted by Gasteiger charge is 2.28. The van der Waals surface area contributed by atoms with Gasteiger partial charge < -0.3 is 19.8 Å². The number of alkyl carbamates (subject to hydrolysis) is 1. The number of hydrogen-bond acceptors (Lipinski definition) is 6. The molecule has 0 radical (unpaired) electrons. The van der Waals surface area contributed by atoms with E-state index < -0.39 is 6.04 Å². The van der Waals surface area contributed by atoms with Crippen LogP contribution < -0.4 is 10.6 Å². The van der Waals surface area contributed by atoms with E-state index in [-0.39, 0.29) is 29.3 Å². The lowest BCUT2D eigenvalue weighted by Crippen LogP contribution is -2.49. The molecule has 1 aliphatic rings. The van der Waals surface area contributed by atoms with Gasteiger partial charge in [-0.05, 0) is 55.7 Å². The van der Waals surface area contributed by atoms with Crippen molar-refractivity contribution in [3.63, 3.8) is 0 Å². The molecule has 3 unspecified atom stereocenters. The number of rotatable bonds is 13. The molecule has 7 heteroatoms. The van der Waals surface area contributed by atoms with Crippen LogP contribution in [0.1, 0.15) is 75.4 Å². The minimum absolute atomic E-state index is 0.00670. The number of aryl methyl sites for hydroxylation is 1. The van der Waals surface area contributed by atoms with Gasteiger partial charge in [-0.15, -0.1) is 0 Å². The fourth-order valence-corrected chi connectivity index (χ4v) is 5.11. The van der Waals surface area contributed by atoms with Gasteiger partial charge >= 0.3 is 6.09 Å². The molecule has 1 saturated carbocycles. The number of ketones is 1. The van der Waals surface area contributed by atoms with Gasteiger partial charge in [-0.1, -0.05) is 50.6 Å². The Morgan fingerprint density at radius 3 is 2.49 bits per heavy atom. The Bertz CT molecular complexity index is 882. The van der Waals surface area contributed by atoms with Crippen LogP contribution in [0.15, 0.2) is 53.1 Å². The summed E-state index contributed by atoms with van der Waals surface area (Å²) in [6.45, 7) is 4.70. The van der Waals surface area contributed by atoms with Crippen molar-refractivity contribution < 1.29 is 18.7 Å². The summed E-state index contributed by atoms with van der Waals surface area (Å²) >= 11 is 4.83. The average molecular weight is 501 g/mol. The van der Waals surface area contributed by atoms with Crippen LogP contribution in [0.3, 0.4) is 0 Å². The van der Waals surface area contributed by atoms with E-state index in [1.165, 1.54) is 6.42 Å². The van der Waals surface area contributed by atoms with Crippen LogP contribution in [0.2, 0.25) is 0 Å². The molecule has 6 nitrogen and oxygen atoms in total. The second-order valence-electron chi connectivity index (χ2n) is 9.92. The Morgan fingerprint density at radius 1 is 1.09 bits per heavy atom. The molecular weight excluding hydrogens is 460 g/mol. The molecule has 1 heterocycles. The van der Waals surface area contributed by atoms with Crippen molar-refractivity contribution in [1.29, 1.82) is 0 Å². The molecule has 1 aliphatic carbocycles. The molecule has 192 valence electrons. The van der Waals surface area contributed by atoms with Gasteiger partial charge in [0.25, 0.3) is 0 Å². The second-order valence-corrected chi connectivity index (χ2v) is 10.5. The molecule has 0 saturated heterocycles. The van der Waals surface area contributed by atoms with Crippen molar-refractivity contribution in [2.45, 2.75) is 88.7 Å². The summed E-state index contributed by atoms with van der Waals surface area (Å²) in [6, 6.07) is 12.9. The number of benzene rings is 1. The maximum absolute atomic E-state index is 13.3. The zero-order valence-electron chi connectivity index (χ0n) is 20.9. The number of Topliss-reactive ketones (excluding diaryl/α,β-unsaturated/α-hetero) is 1. The SMILES string of the molecule is CC(C)CC(CNC(C(=O)CCc1ccco1)C(S)c1ccccc1)NC(=O)OC1CCCCC1. The lowest BCUT2D eigenvalue weighted by atomic mass is 9.97. The molecule has 3 rings (SSSR count). The second kappa shape index (κ2) is 14.3. The van der Waals surface area contributed by atoms with Crippen LogP contribution in [-0.2, 0) is 16.0 Å². The molecule has 35 heavy (non-hydrogen) atoms. The molecule has 1 amide bonds. The molecule has 1 fully saturated rings. The largest absolute Gasteiger partial charge is 0.469 e. The summed E-state index contributed by atoms with van der Waals surface area (Å²) in [5.41, 5.74) is 0.977. The van der Waals surface area contributed by atoms with E-state index in [1.54, 1.807) is 6.26 Å². The maximum Gasteiger partial charge on any atom is 0.407 e. The number of nitrogens with one attached hydrogen (secondary N) is 2. The van der Waals surface area contributed by atoms with Crippen molar-refractivity contribution >= 4 is 24.5 Å². The van der Waals surface area contributed by atoms with Crippen molar-refractivity contribution in [1.82, 2.24) is 10.6 Å². The normalized spacial score (nSPS) is 17.0. The van der Waals surface area contributed by atoms with Crippen LogP contribution in [0.5, 0.6) is 0 Å². The third kappa shape index (κ3) is 9.37. The molecule has 0 bridgehead atoms. The number of amides is 1. The molecule has 1 aromatic heterocycles. The summed E-state index contributed by atoms with van der Waals surface area (Å²) in [5.74, 6) is 1.24. The van der Waals surface area contributed by atoms with E-state index in [0.717, 1.165) is 43.4 Å². The average Bonchev–Trinajstić information content (AvgIpc) is 3.37. The number of furan rings is 1. The van der Waals surface area contributed by atoms with Gasteiger partial charge in [-0.2, -0.15) is 12.6 Å². The number of carbonyl (C=O) groups is 2. The number of hydrogen-bond donors (Lipinski definition) is 3. The van der Waals surface area contributed by atoms with Crippen molar-refractivity contribution in [3.05, 3.63) is 60.1 Å². The molecule has 1 aromatic carbocycles. The third-order valence-electron chi connectivity index (χ3n) is 6.49. The zero-order valence-corrected chi connectivity index (χ0v) is 21.8. The third-order valence-corrected chi connectivity index (χ3v) is 7.09. The molecule has 3 atom stereocenters. The minimum Gasteiger partial charge on any atom is -0.469 e. The Hall–Kier alpha value is -2.25. The van der Waals surface area contributed by atoms with E-state index in [2.05, 4.69) is 24.5 Å². The topological polar surface area (TPSA) is 80.6 Å². The molecular formula is C28H40N2O4S. The lowest BCUT2D eigenvalue weighted by Gasteiger charge is -2.28. The molecule has 2 aromatic rings. The zero-order chi connectivity index (χ0) is 25.0. The van der Waals surface area contributed by atoms with Gasteiger partial charge in [0.2, 0.25) is 0 Å². The number of thiol groups is 1. The predicted molar refractivity (Wildman–Crippen MR) is 142 cm³/mol. The van der Waals surface area contributed by atoms with Crippen molar-refractivity contribution in [2.24, 2.45) is 5.92 Å². The van der Waals surface area contributed by atoms with E-state index in [9.17, 15) is 9.59 Å². The van der Waals surface area contributed by atoms with E-state index in [0.29, 0.717) is 25.3 Å². The minimum atomic E-state index is -0.499. The summed E-state index contributed by atoms with van der Waals surface area (Å²) in [4.78, 5) is 25.9. The smallest absolute Gasteiger partial charge is 0.407 e. The van der Waals surface area contributed by atoms with Crippen LogP contribution in [0.4, 0.5) is 4.79 Å². The maximum atomic E-state index is 13.3. The first-order valence-corrected chi connectivity index (χ1v) is 13.4. The van der Waals surface area contributed by atoms with Gasteiger partial charge in [0, 0.05) is 30.7 Å². The van der Waals surface area contributed by atoms with Gasteiger partial charge in [-0.3, -0.25) is 4.79 Å². The lowest BCUT2D eigenvalue weighted by molar-refractivity contribution is -0.121. The quantitative estimate of drug-likeness (QED) is 0.299. The van der Waals surface area contributed by atoms with E-state index >= 15 is 0 Å². The van der Waals surface area contributed by atoms with Gasteiger partial charge in [0.15, 0.2) is 5.78 Å². The summed E-state index contributed by atoms with van der Waals surface area (Å²) < 4.78 is 11.1. The summed E-state index contributed by atoms with van der Waals surface area (Å²) in [7, 11) is 0. The first-order valence-electron chi connectivity index (χ1n) is 12.9. The van der Waals surface area contributed by atoms with E-state index in [4.69, 9.17) is 21.8 Å². The van der Waals surface area contributed by atoms with Crippen LogP contribution >= 0.6 is 12.6 Å². The van der Waals surface area contributed by atoms with Crippen molar-refractivity contribution in [2.75, 3.05) is 6.54 Å². The van der Waals surface area contributed by atoms with Gasteiger partial charge in [0.1, 0.15) is 11.9 Å². The highest BCUT2D eigenvalue weighted by atomic mass is 32.1. The first kappa shape index (κ1) is 27.3. The van der Waals surface area contributed by atoms with Crippen LogP contribution in [0, 0.1) is 5.92 Å². The van der Waals surface area contributed by atoms with E-state index in [1.807, 2.05) is 42.5 Å². The molecule has 2 N–H and O–H groups in total. The number of ether oxygens (including phenoxy) is 1. The van der Waals surface area contributed by atoms with Gasteiger partial charge in [0.05, 0.1) is 12.3 Å². The summed E-state index contributed by atoms with van der Waals surface area (Å²) in [5, 5.41) is 6.17. The molecule has 0 spiro atoms. The predicted octanol–water partition coefficient (Wildman–Crippen LogP) is 5.88. The Morgan fingerprint density at radius 2 is 1.83 bits per heavy atom. The highest BCUT2D eigenvalue weighted by molar-refractivity contribution is 7.80. The monoisotopic (exact) mass is 500 g/mol. The van der Waals surface area contributed by atoms with Crippen molar-refractivity contribution in [3.8, 4) is 0 Å². The highest BCUT2D eigenvalue weighted by Crippen LogP contribution is 2.26. The van der Waals surface area contributed by atoms with Crippen LogP contribution in [-0.4, -0.2) is 36.6 Å². The fraction of sp³-hybridized carbons (Fsp3) is 0.571.